The summed E-state index contributed by atoms with van der Waals surface area (Å²) in [7, 11) is 1.74. The lowest BCUT2D eigenvalue weighted by molar-refractivity contribution is 0.392. The van der Waals surface area contributed by atoms with Gasteiger partial charge in [-0.2, -0.15) is 0 Å². The second-order valence-corrected chi connectivity index (χ2v) is 4.85. The van der Waals surface area contributed by atoms with Gasteiger partial charge in [0.15, 0.2) is 0 Å². The van der Waals surface area contributed by atoms with Crippen molar-refractivity contribution in [3.05, 3.63) is 28.2 Å². The second-order valence-electron chi connectivity index (χ2n) is 3.93. The summed E-state index contributed by atoms with van der Waals surface area (Å²) in [5, 5.41) is 3.43. The zero-order valence-electron chi connectivity index (χ0n) is 8.92. The van der Waals surface area contributed by atoms with Gasteiger partial charge >= 0.3 is 0 Å². The van der Waals surface area contributed by atoms with Crippen LogP contribution in [0.2, 0.25) is 0 Å². The third-order valence-electron chi connectivity index (χ3n) is 2.93. The fourth-order valence-electron chi connectivity index (χ4n) is 2.14. The predicted octanol–water partition coefficient (Wildman–Crippen LogP) is 2.92. The van der Waals surface area contributed by atoms with Crippen LogP contribution in [0.1, 0.15) is 24.3 Å². The van der Waals surface area contributed by atoms with Gasteiger partial charge in [0.05, 0.1) is 7.11 Å². The molecule has 1 aromatic carbocycles. The number of rotatable bonds is 2. The van der Waals surface area contributed by atoms with Crippen molar-refractivity contribution in [3.63, 3.8) is 0 Å². The molecule has 2 nitrogen and oxygen atoms in total. The summed E-state index contributed by atoms with van der Waals surface area (Å²) in [6, 6.07) is 6.30. The molecule has 1 atom stereocenters. The number of halogens is 1. The number of ether oxygens (including phenoxy) is 1. The molecule has 1 saturated heterocycles. The molecule has 0 aromatic heterocycles. The van der Waals surface area contributed by atoms with Crippen molar-refractivity contribution in [2.75, 3.05) is 20.2 Å². The minimum Gasteiger partial charge on any atom is -0.496 e. The highest BCUT2D eigenvalue weighted by molar-refractivity contribution is 9.10. The zero-order valence-corrected chi connectivity index (χ0v) is 10.5. The molecule has 0 aliphatic carbocycles. The maximum Gasteiger partial charge on any atom is 0.123 e. The van der Waals surface area contributed by atoms with E-state index in [4.69, 9.17) is 4.74 Å². The topological polar surface area (TPSA) is 21.3 Å². The van der Waals surface area contributed by atoms with Crippen molar-refractivity contribution in [3.8, 4) is 5.75 Å². The van der Waals surface area contributed by atoms with Gasteiger partial charge < -0.3 is 10.1 Å². The molecule has 1 N–H and O–H groups in total. The van der Waals surface area contributed by atoms with Crippen molar-refractivity contribution in [1.82, 2.24) is 5.32 Å². The molecule has 1 fully saturated rings. The molecule has 0 spiro atoms. The fourth-order valence-corrected chi connectivity index (χ4v) is 2.48. The molecule has 0 saturated carbocycles. The molecule has 15 heavy (non-hydrogen) atoms. The summed E-state index contributed by atoms with van der Waals surface area (Å²) in [6.45, 7) is 2.22. The van der Waals surface area contributed by atoms with E-state index in [9.17, 15) is 0 Å². The quantitative estimate of drug-likeness (QED) is 0.892. The molecule has 0 bridgehead atoms. The van der Waals surface area contributed by atoms with Gasteiger partial charge in [0.25, 0.3) is 0 Å². The molecule has 1 aliphatic heterocycles. The minimum atomic E-state index is 0.599. The molecule has 1 heterocycles. The summed E-state index contributed by atoms with van der Waals surface area (Å²) in [4.78, 5) is 0. The molecule has 0 unspecified atom stereocenters. The lowest BCUT2D eigenvalue weighted by Crippen LogP contribution is -2.28. The maximum absolute atomic E-state index is 5.42. The summed E-state index contributed by atoms with van der Waals surface area (Å²) in [5.74, 6) is 1.60. The number of piperidine rings is 1. The Kier molecular flexibility index (Phi) is 3.65. The van der Waals surface area contributed by atoms with Crippen LogP contribution < -0.4 is 10.1 Å². The van der Waals surface area contributed by atoms with Crippen LogP contribution in [0.5, 0.6) is 5.75 Å². The average Bonchev–Trinajstić information content (AvgIpc) is 2.30. The number of hydrogen-bond donors (Lipinski definition) is 1. The van der Waals surface area contributed by atoms with Crippen LogP contribution in [0, 0.1) is 0 Å². The van der Waals surface area contributed by atoms with E-state index >= 15 is 0 Å². The number of hydrogen-bond acceptors (Lipinski definition) is 2. The van der Waals surface area contributed by atoms with Crippen LogP contribution in [0.25, 0.3) is 0 Å². The van der Waals surface area contributed by atoms with Crippen molar-refractivity contribution in [2.24, 2.45) is 0 Å². The predicted molar refractivity (Wildman–Crippen MR) is 65.5 cm³/mol. The molecule has 82 valence electrons. The number of nitrogens with one attached hydrogen (secondary N) is 1. The highest BCUT2D eigenvalue weighted by atomic mass is 79.9. The summed E-state index contributed by atoms with van der Waals surface area (Å²) in [6.07, 6.45) is 2.51. The smallest absolute Gasteiger partial charge is 0.123 e. The van der Waals surface area contributed by atoms with E-state index in [1.807, 2.05) is 6.07 Å². The summed E-state index contributed by atoms with van der Waals surface area (Å²) in [5.41, 5.74) is 1.33. The highest BCUT2D eigenvalue weighted by Gasteiger charge is 2.18. The summed E-state index contributed by atoms with van der Waals surface area (Å²) >= 11 is 3.47. The average molecular weight is 270 g/mol. The van der Waals surface area contributed by atoms with Crippen molar-refractivity contribution in [1.29, 1.82) is 0 Å². The van der Waals surface area contributed by atoms with E-state index in [-0.39, 0.29) is 0 Å². The van der Waals surface area contributed by atoms with Gasteiger partial charge in [-0.15, -0.1) is 0 Å². The van der Waals surface area contributed by atoms with E-state index in [2.05, 4.69) is 33.4 Å². The van der Waals surface area contributed by atoms with Gasteiger partial charge in [0, 0.05) is 16.9 Å². The Bertz CT molecular complexity index is 334. The van der Waals surface area contributed by atoms with Crippen LogP contribution in [0.4, 0.5) is 0 Å². The number of methoxy groups -OCH3 is 1. The molecule has 2 rings (SSSR count). The Hall–Kier alpha value is -0.540. The lowest BCUT2D eigenvalue weighted by Gasteiger charge is -2.24. The van der Waals surface area contributed by atoms with Gasteiger partial charge in [-0.05, 0) is 37.1 Å². The van der Waals surface area contributed by atoms with Crippen LogP contribution in [0.3, 0.4) is 0 Å². The molecular formula is C12H16BrNO. The van der Waals surface area contributed by atoms with Gasteiger partial charge in [0.2, 0.25) is 0 Å². The SMILES string of the molecule is COc1cc(Br)ccc1[C@@H]1CCCNC1. The third-order valence-corrected chi connectivity index (χ3v) is 3.43. The first-order valence-corrected chi connectivity index (χ1v) is 6.14. The van der Waals surface area contributed by atoms with E-state index in [0.29, 0.717) is 5.92 Å². The van der Waals surface area contributed by atoms with Gasteiger partial charge in [0.1, 0.15) is 5.75 Å². The first kappa shape index (κ1) is 11.0. The van der Waals surface area contributed by atoms with E-state index in [0.717, 1.165) is 23.3 Å². The molecule has 1 aliphatic rings. The largest absolute Gasteiger partial charge is 0.496 e. The van der Waals surface area contributed by atoms with Crippen LogP contribution >= 0.6 is 15.9 Å². The van der Waals surface area contributed by atoms with Gasteiger partial charge in [-0.1, -0.05) is 22.0 Å². The second kappa shape index (κ2) is 4.99. The number of benzene rings is 1. The van der Waals surface area contributed by atoms with Gasteiger partial charge in [-0.3, -0.25) is 0 Å². The Morgan fingerprint density at radius 1 is 1.47 bits per heavy atom. The maximum atomic E-state index is 5.42. The van der Waals surface area contributed by atoms with Crippen molar-refractivity contribution >= 4 is 15.9 Å². The Morgan fingerprint density at radius 2 is 2.33 bits per heavy atom. The van der Waals surface area contributed by atoms with E-state index < -0.39 is 0 Å². The monoisotopic (exact) mass is 269 g/mol. The zero-order chi connectivity index (χ0) is 10.7. The van der Waals surface area contributed by atoms with Crippen molar-refractivity contribution < 1.29 is 4.74 Å². The standard InChI is InChI=1S/C12H16BrNO/c1-15-12-7-10(13)4-5-11(12)9-3-2-6-14-8-9/h4-5,7,9,14H,2-3,6,8H2,1H3/t9-/m1/s1. The van der Waals surface area contributed by atoms with Crippen molar-refractivity contribution in [2.45, 2.75) is 18.8 Å². The normalized spacial score (nSPS) is 21.3. The lowest BCUT2D eigenvalue weighted by atomic mass is 9.91. The van der Waals surface area contributed by atoms with Crippen LogP contribution in [0.15, 0.2) is 22.7 Å². The Labute approximate surface area is 99.1 Å². The fraction of sp³-hybridized carbons (Fsp3) is 0.500. The van der Waals surface area contributed by atoms with Crippen LogP contribution in [-0.2, 0) is 0 Å². The van der Waals surface area contributed by atoms with E-state index in [1.165, 1.54) is 18.4 Å². The summed E-state index contributed by atoms with van der Waals surface area (Å²) < 4.78 is 6.50. The third kappa shape index (κ3) is 2.52. The molecule has 3 heteroatoms. The molecular weight excluding hydrogens is 254 g/mol. The highest BCUT2D eigenvalue weighted by Crippen LogP contribution is 2.32. The Morgan fingerprint density at radius 3 is 3.00 bits per heavy atom. The first-order chi connectivity index (χ1) is 7.31. The van der Waals surface area contributed by atoms with E-state index in [1.54, 1.807) is 7.11 Å². The first-order valence-electron chi connectivity index (χ1n) is 5.35. The minimum absolute atomic E-state index is 0.599. The van der Waals surface area contributed by atoms with Crippen LogP contribution in [-0.4, -0.2) is 20.2 Å². The molecule has 0 amide bonds. The molecule has 0 radical (unpaired) electrons. The Balaban J connectivity index is 2.25. The molecule has 1 aromatic rings. The van der Waals surface area contributed by atoms with Gasteiger partial charge in [-0.25, -0.2) is 0 Å².